The molecule has 1 aromatic carbocycles. The zero-order chi connectivity index (χ0) is 17.2. The Morgan fingerprint density at radius 1 is 1.04 bits per heavy atom. The van der Waals surface area contributed by atoms with E-state index in [9.17, 15) is 5.11 Å². The summed E-state index contributed by atoms with van der Waals surface area (Å²) >= 11 is 0. The molecule has 3 aromatic rings. The van der Waals surface area contributed by atoms with Gasteiger partial charge in [0, 0.05) is 19.5 Å². The number of hydrogen-bond donors (Lipinski definition) is 1. The first-order chi connectivity index (χ1) is 12.2. The van der Waals surface area contributed by atoms with Crippen molar-refractivity contribution >= 4 is 11.5 Å². The minimum absolute atomic E-state index is 0.268. The molecule has 0 saturated heterocycles. The molecule has 0 aliphatic heterocycles. The highest BCUT2D eigenvalue weighted by molar-refractivity contribution is 5.46. The highest BCUT2D eigenvalue weighted by Gasteiger charge is 2.20. The number of aromatic hydroxyl groups is 1. The van der Waals surface area contributed by atoms with E-state index in [0.29, 0.717) is 12.5 Å². The zero-order valence-electron chi connectivity index (χ0n) is 14.5. The minimum Gasteiger partial charge on any atom is -0.508 e. The van der Waals surface area contributed by atoms with Gasteiger partial charge in [-0.2, -0.15) is 4.52 Å². The first-order valence-electron chi connectivity index (χ1n) is 8.93. The predicted octanol–water partition coefficient (Wildman–Crippen LogP) is 3.19. The van der Waals surface area contributed by atoms with Gasteiger partial charge in [0.1, 0.15) is 11.6 Å². The molecule has 0 unspecified atom stereocenters. The maximum Gasteiger partial charge on any atom is 0.178 e. The summed E-state index contributed by atoms with van der Waals surface area (Å²) in [7, 11) is 2.13. The van der Waals surface area contributed by atoms with Gasteiger partial charge >= 0.3 is 0 Å². The summed E-state index contributed by atoms with van der Waals surface area (Å²) < 4.78 is 1.83. The van der Waals surface area contributed by atoms with Crippen LogP contribution in [-0.4, -0.2) is 38.0 Å². The third kappa shape index (κ3) is 3.29. The summed E-state index contributed by atoms with van der Waals surface area (Å²) in [6.07, 6.45) is 7.05. The van der Waals surface area contributed by atoms with Crippen LogP contribution in [0.5, 0.6) is 5.75 Å². The van der Waals surface area contributed by atoms with Crippen molar-refractivity contribution in [3.8, 4) is 5.75 Å². The Kier molecular flexibility index (Phi) is 4.26. The van der Waals surface area contributed by atoms with Gasteiger partial charge in [-0.15, -0.1) is 15.3 Å². The lowest BCUT2D eigenvalue weighted by Crippen LogP contribution is -2.34. The van der Waals surface area contributed by atoms with Crippen molar-refractivity contribution < 1.29 is 5.11 Å². The molecular weight excluding hydrogens is 314 g/mol. The molecule has 0 atom stereocenters. The van der Waals surface area contributed by atoms with Crippen LogP contribution in [0, 0.1) is 0 Å². The molecule has 1 fully saturated rings. The minimum atomic E-state index is 0.268. The average Bonchev–Trinajstić information content (AvgIpc) is 3.06. The summed E-state index contributed by atoms with van der Waals surface area (Å²) in [6, 6.07) is 11.7. The lowest BCUT2D eigenvalue weighted by molar-refractivity contribution is 0.425. The second kappa shape index (κ2) is 6.70. The van der Waals surface area contributed by atoms with E-state index in [4.69, 9.17) is 5.10 Å². The van der Waals surface area contributed by atoms with Gasteiger partial charge in [-0.05, 0) is 42.7 Å². The Labute approximate surface area is 147 Å². The molecule has 6 nitrogen and oxygen atoms in total. The SMILES string of the molecule is CN(c1ccc2nnc(Cc3ccc(O)cc3)n2n1)C1CCCCC1. The van der Waals surface area contributed by atoms with Crippen LogP contribution in [0.25, 0.3) is 5.65 Å². The first kappa shape index (κ1) is 15.9. The van der Waals surface area contributed by atoms with Crippen LogP contribution in [0.2, 0.25) is 0 Å². The van der Waals surface area contributed by atoms with Crippen LogP contribution < -0.4 is 4.90 Å². The number of nitrogens with zero attached hydrogens (tertiary/aromatic N) is 5. The average molecular weight is 337 g/mol. The summed E-state index contributed by atoms with van der Waals surface area (Å²) in [5.41, 5.74) is 1.83. The van der Waals surface area contributed by atoms with Crippen molar-refractivity contribution in [1.29, 1.82) is 0 Å². The van der Waals surface area contributed by atoms with Crippen LogP contribution in [0.1, 0.15) is 43.5 Å². The fourth-order valence-corrected chi connectivity index (χ4v) is 3.57. The normalized spacial score (nSPS) is 15.6. The van der Waals surface area contributed by atoms with Crippen LogP contribution in [-0.2, 0) is 6.42 Å². The fourth-order valence-electron chi connectivity index (χ4n) is 3.57. The van der Waals surface area contributed by atoms with Crippen LogP contribution >= 0.6 is 0 Å². The highest BCUT2D eigenvalue weighted by Crippen LogP contribution is 2.25. The topological polar surface area (TPSA) is 66.5 Å². The summed E-state index contributed by atoms with van der Waals surface area (Å²) in [5.74, 6) is 2.04. The van der Waals surface area contributed by atoms with E-state index in [0.717, 1.165) is 22.9 Å². The summed E-state index contributed by atoms with van der Waals surface area (Å²) in [5, 5.41) is 22.7. The molecule has 130 valence electrons. The van der Waals surface area contributed by atoms with E-state index in [2.05, 4.69) is 22.1 Å². The number of hydrogen-bond acceptors (Lipinski definition) is 5. The van der Waals surface area contributed by atoms with Crippen molar-refractivity contribution in [1.82, 2.24) is 19.8 Å². The molecule has 0 spiro atoms. The molecule has 1 aliphatic carbocycles. The molecule has 1 saturated carbocycles. The highest BCUT2D eigenvalue weighted by atomic mass is 16.3. The van der Waals surface area contributed by atoms with Crippen molar-refractivity contribution in [3.05, 3.63) is 47.8 Å². The lowest BCUT2D eigenvalue weighted by Gasteiger charge is -2.31. The monoisotopic (exact) mass is 337 g/mol. The zero-order valence-corrected chi connectivity index (χ0v) is 14.5. The number of aromatic nitrogens is 4. The summed E-state index contributed by atoms with van der Waals surface area (Å²) in [4.78, 5) is 2.29. The van der Waals surface area contributed by atoms with Crippen LogP contribution in [0.3, 0.4) is 0 Å². The van der Waals surface area contributed by atoms with Crippen LogP contribution in [0.4, 0.5) is 5.82 Å². The van der Waals surface area contributed by atoms with Gasteiger partial charge in [-0.25, -0.2) is 0 Å². The molecule has 0 amide bonds. The number of phenolic OH excluding ortho intramolecular Hbond substituents is 1. The molecule has 2 heterocycles. The second-order valence-corrected chi connectivity index (χ2v) is 6.82. The quantitative estimate of drug-likeness (QED) is 0.792. The maximum atomic E-state index is 9.42. The Morgan fingerprint density at radius 3 is 2.56 bits per heavy atom. The molecule has 2 aromatic heterocycles. The third-order valence-electron chi connectivity index (χ3n) is 5.10. The third-order valence-corrected chi connectivity index (χ3v) is 5.10. The lowest BCUT2D eigenvalue weighted by atomic mass is 9.94. The van der Waals surface area contributed by atoms with Gasteiger partial charge in [0.15, 0.2) is 11.5 Å². The Bertz CT molecular complexity index is 852. The predicted molar refractivity (Wildman–Crippen MR) is 97.0 cm³/mol. The largest absolute Gasteiger partial charge is 0.508 e. The Balaban J connectivity index is 1.61. The van der Waals surface area contributed by atoms with E-state index in [1.54, 1.807) is 12.1 Å². The van der Waals surface area contributed by atoms with Gasteiger partial charge in [-0.3, -0.25) is 0 Å². The Morgan fingerprint density at radius 2 is 1.80 bits per heavy atom. The second-order valence-electron chi connectivity index (χ2n) is 6.82. The van der Waals surface area contributed by atoms with Gasteiger partial charge < -0.3 is 10.0 Å². The van der Waals surface area contributed by atoms with Crippen molar-refractivity contribution in [2.45, 2.75) is 44.6 Å². The summed E-state index contributed by atoms with van der Waals surface area (Å²) in [6.45, 7) is 0. The van der Waals surface area contributed by atoms with Crippen LogP contribution in [0.15, 0.2) is 36.4 Å². The number of anilines is 1. The van der Waals surface area contributed by atoms with Gasteiger partial charge in [0.2, 0.25) is 0 Å². The first-order valence-corrected chi connectivity index (χ1v) is 8.93. The molecular formula is C19H23N5O. The van der Waals surface area contributed by atoms with E-state index in [-0.39, 0.29) is 5.75 Å². The molecule has 0 radical (unpaired) electrons. The van der Waals surface area contributed by atoms with Gasteiger partial charge in [-0.1, -0.05) is 31.4 Å². The van der Waals surface area contributed by atoms with E-state index < -0.39 is 0 Å². The molecule has 0 bridgehead atoms. The Hall–Kier alpha value is -2.63. The van der Waals surface area contributed by atoms with E-state index in [1.807, 2.05) is 28.8 Å². The van der Waals surface area contributed by atoms with Gasteiger partial charge in [0.05, 0.1) is 0 Å². The molecule has 1 N–H and O–H groups in total. The maximum absolute atomic E-state index is 9.42. The van der Waals surface area contributed by atoms with Crippen molar-refractivity contribution in [2.24, 2.45) is 0 Å². The van der Waals surface area contributed by atoms with E-state index >= 15 is 0 Å². The molecule has 4 rings (SSSR count). The molecule has 1 aliphatic rings. The fraction of sp³-hybridized carbons (Fsp3) is 0.421. The van der Waals surface area contributed by atoms with Gasteiger partial charge in [0.25, 0.3) is 0 Å². The standard InChI is InChI=1S/C19H23N5O/c1-23(15-5-3-2-4-6-15)18-12-11-17-20-21-19(24(17)22-18)13-14-7-9-16(25)10-8-14/h7-12,15,25H,2-6,13H2,1H3. The molecule has 25 heavy (non-hydrogen) atoms. The molecule has 6 heteroatoms. The van der Waals surface area contributed by atoms with Crippen molar-refractivity contribution in [2.75, 3.05) is 11.9 Å². The number of fused-ring (bicyclic) bond motifs is 1. The number of rotatable bonds is 4. The van der Waals surface area contributed by atoms with Crippen molar-refractivity contribution in [3.63, 3.8) is 0 Å². The van der Waals surface area contributed by atoms with E-state index in [1.165, 1.54) is 32.1 Å². The number of benzene rings is 1. The smallest absolute Gasteiger partial charge is 0.178 e. The number of phenols is 1.